The standard InChI is InChI=1S/C16H23BrClN/c1-16(2,3)13-7-9-19(10-8-13)15-12(11-17)5-4-6-14(15)18/h4-6,13H,7-11H2,1-3H3. The normalized spacial score (nSPS) is 17.8. The molecule has 0 radical (unpaired) electrons. The van der Waals surface area contributed by atoms with E-state index in [4.69, 9.17) is 11.6 Å². The van der Waals surface area contributed by atoms with E-state index in [1.807, 2.05) is 12.1 Å². The Morgan fingerprint density at radius 2 is 1.89 bits per heavy atom. The molecule has 0 bridgehead atoms. The third kappa shape index (κ3) is 3.46. The van der Waals surface area contributed by atoms with Crippen molar-refractivity contribution in [2.45, 2.75) is 38.9 Å². The molecule has 0 unspecified atom stereocenters. The summed E-state index contributed by atoms with van der Waals surface area (Å²) in [6, 6.07) is 6.19. The molecule has 0 amide bonds. The van der Waals surface area contributed by atoms with Crippen molar-refractivity contribution < 1.29 is 0 Å². The first-order valence-corrected chi connectivity index (χ1v) is 8.51. The predicted octanol–water partition coefficient (Wildman–Crippen LogP) is 5.50. The van der Waals surface area contributed by atoms with Crippen LogP contribution in [0.15, 0.2) is 18.2 Å². The smallest absolute Gasteiger partial charge is 0.0642 e. The topological polar surface area (TPSA) is 3.24 Å². The van der Waals surface area contributed by atoms with E-state index in [0.29, 0.717) is 5.41 Å². The van der Waals surface area contributed by atoms with Gasteiger partial charge in [-0.15, -0.1) is 0 Å². The van der Waals surface area contributed by atoms with Gasteiger partial charge in [0.05, 0.1) is 10.7 Å². The molecule has 0 saturated carbocycles. The number of alkyl halides is 1. The maximum Gasteiger partial charge on any atom is 0.0642 e. The number of para-hydroxylation sites is 1. The van der Waals surface area contributed by atoms with Crippen LogP contribution in [0.1, 0.15) is 39.2 Å². The molecule has 1 fully saturated rings. The Bertz CT molecular complexity index is 431. The molecule has 1 aromatic rings. The van der Waals surface area contributed by atoms with E-state index in [9.17, 15) is 0 Å². The van der Waals surface area contributed by atoms with E-state index >= 15 is 0 Å². The molecule has 0 aliphatic carbocycles. The quantitative estimate of drug-likeness (QED) is 0.640. The summed E-state index contributed by atoms with van der Waals surface area (Å²) in [6.07, 6.45) is 2.52. The molecule has 0 N–H and O–H groups in total. The van der Waals surface area contributed by atoms with E-state index in [1.165, 1.54) is 24.1 Å². The number of rotatable bonds is 2. The van der Waals surface area contributed by atoms with E-state index in [0.717, 1.165) is 29.4 Å². The summed E-state index contributed by atoms with van der Waals surface area (Å²) in [5.41, 5.74) is 2.94. The van der Waals surface area contributed by atoms with Crippen LogP contribution in [0.25, 0.3) is 0 Å². The van der Waals surface area contributed by atoms with Crippen molar-refractivity contribution in [2.75, 3.05) is 18.0 Å². The minimum absolute atomic E-state index is 0.421. The van der Waals surface area contributed by atoms with Gasteiger partial charge in [0.15, 0.2) is 0 Å². The van der Waals surface area contributed by atoms with Crippen LogP contribution in [-0.2, 0) is 5.33 Å². The van der Waals surface area contributed by atoms with Crippen molar-refractivity contribution in [3.8, 4) is 0 Å². The zero-order valence-electron chi connectivity index (χ0n) is 12.0. The van der Waals surface area contributed by atoms with Crippen LogP contribution < -0.4 is 4.90 Å². The number of nitrogens with zero attached hydrogens (tertiary/aromatic N) is 1. The first kappa shape index (κ1) is 15.2. The van der Waals surface area contributed by atoms with Gasteiger partial charge in [-0.2, -0.15) is 0 Å². The van der Waals surface area contributed by atoms with Crippen LogP contribution in [0.5, 0.6) is 0 Å². The van der Waals surface area contributed by atoms with Gasteiger partial charge in [-0.3, -0.25) is 0 Å². The van der Waals surface area contributed by atoms with Gasteiger partial charge in [-0.1, -0.05) is 60.4 Å². The molecule has 1 aromatic carbocycles. The number of hydrogen-bond acceptors (Lipinski definition) is 1. The summed E-state index contributed by atoms with van der Waals surface area (Å²) < 4.78 is 0. The summed E-state index contributed by atoms with van der Waals surface area (Å²) in [4.78, 5) is 2.46. The van der Waals surface area contributed by atoms with Crippen molar-refractivity contribution in [1.29, 1.82) is 0 Å². The molecular formula is C16H23BrClN. The zero-order chi connectivity index (χ0) is 14.0. The maximum absolute atomic E-state index is 6.41. The summed E-state index contributed by atoms with van der Waals surface area (Å²) in [5, 5.41) is 1.74. The molecule has 1 heterocycles. The minimum Gasteiger partial charge on any atom is -0.370 e. The second-order valence-electron chi connectivity index (χ2n) is 6.51. The largest absolute Gasteiger partial charge is 0.370 e. The summed E-state index contributed by atoms with van der Waals surface area (Å²) >= 11 is 9.97. The van der Waals surface area contributed by atoms with Crippen molar-refractivity contribution >= 4 is 33.2 Å². The molecule has 19 heavy (non-hydrogen) atoms. The number of hydrogen-bond donors (Lipinski definition) is 0. The molecule has 2 rings (SSSR count). The number of halogens is 2. The van der Waals surface area contributed by atoms with Gasteiger partial charge in [0.1, 0.15) is 0 Å². The molecule has 0 aromatic heterocycles. The highest BCUT2D eigenvalue weighted by Crippen LogP contribution is 2.38. The van der Waals surface area contributed by atoms with Crippen molar-refractivity contribution in [3.63, 3.8) is 0 Å². The first-order chi connectivity index (χ1) is 8.93. The van der Waals surface area contributed by atoms with Gasteiger partial charge in [-0.25, -0.2) is 0 Å². The molecule has 1 saturated heterocycles. The van der Waals surface area contributed by atoms with Crippen LogP contribution in [0, 0.1) is 11.3 Å². The van der Waals surface area contributed by atoms with E-state index in [1.54, 1.807) is 0 Å². The van der Waals surface area contributed by atoms with Gasteiger partial charge >= 0.3 is 0 Å². The number of anilines is 1. The van der Waals surface area contributed by atoms with Crippen LogP contribution in [0.2, 0.25) is 5.02 Å². The SMILES string of the molecule is CC(C)(C)C1CCN(c2c(Cl)cccc2CBr)CC1. The molecule has 1 aliphatic rings. The Morgan fingerprint density at radius 1 is 1.26 bits per heavy atom. The second kappa shape index (κ2) is 6.05. The fourth-order valence-electron chi connectivity index (χ4n) is 2.99. The van der Waals surface area contributed by atoms with E-state index in [-0.39, 0.29) is 0 Å². The molecule has 0 spiro atoms. The van der Waals surface area contributed by atoms with E-state index in [2.05, 4.69) is 47.7 Å². The molecule has 1 nitrogen and oxygen atoms in total. The van der Waals surface area contributed by atoms with Crippen LogP contribution in [-0.4, -0.2) is 13.1 Å². The van der Waals surface area contributed by atoms with Gasteiger partial charge < -0.3 is 4.90 Å². The number of benzene rings is 1. The zero-order valence-corrected chi connectivity index (χ0v) is 14.4. The highest BCUT2D eigenvalue weighted by molar-refractivity contribution is 9.08. The van der Waals surface area contributed by atoms with Crippen LogP contribution in [0.3, 0.4) is 0 Å². The monoisotopic (exact) mass is 343 g/mol. The third-order valence-corrected chi connectivity index (χ3v) is 5.16. The summed E-state index contributed by atoms with van der Waals surface area (Å²) in [7, 11) is 0. The lowest BCUT2D eigenvalue weighted by atomic mass is 9.75. The van der Waals surface area contributed by atoms with Gasteiger partial charge in [0.25, 0.3) is 0 Å². The van der Waals surface area contributed by atoms with E-state index < -0.39 is 0 Å². The lowest BCUT2D eigenvalue weighted by molar-refractivity contribution is 0.199. The summed E-state index contributed by atoms with van der Waals surface area (Å²) in [5.74, 6) is 0.818. The Morgan fingerprint density at radius 3 is 2.42 bits per heavy atom. The number of piperidine rings is 1. The molecule has 1 aliphatic heterocycles. The molecule has 106 valence electrons. The molecular weight excluding hydrogens is 322 g/mol. The average Bonchev–Trinajstić information content (AvgIpc) is 2.37. The fourth-order valence-corrected chi connectivity index (χ4v) is 3.76. The lowest BCUT2D eigenvalue weighted by Gasteiger charge is -2.40. The Labute approximate surface area is 130 Å². The average molecular weight is 345 g/mol. The highest BCUT2D eigenvalue weighted by Gasteiger charge is 2.29. The molecule has 3 heteroatoms. The van der Waals surface area contributed by atoms with Gasteiger partial charge in [-0.05, 0) is 35.8 Å². The highest BCUT2D eigenvalue weighted by atomic mass is 79.9. The first-order valence-electron chi connectivity index (χ1n) is 7.02. The minimum atomic E-state index is 0.421. The Kier molecular flexibility index (Phi) is 4.84. The predicted molar refractivity (Wildman–Crippen MR) is 88.5 cm³/mol. The Hall–Kier alpha value is -0.210. The van der Waals surface area contributed by atoms with Crippen molar-refractivity contribution in [2.24, 2.45) is 11.3 Å². The van der Waals surface area contributed by atoms with Crippen molar-refractivity contribution in [3.05, 3.63) is 28.8 Å². The third-order valence-electron chi connectivity index (χ3n) is 4.25. The fraction of sp³-hybridized carbons (Fsp3) is 0.625. The van der Waals surface area contributed by atoms with Crippen LogP contribution in [0.4, 0.5) is 5.69 Å². The second-order valence-corrected chi connectivity index (χ2v) is 7.48. The summed E-state index contributed by atoms with van der Waals surface area (Å²) in [6.45, 7) is 9.30. The van der Waals surface area contributed by atoms with Gasteiger partial charge in [0, 0.05) is 18.4 Å². The molecule has 0 atom stereocenters. The van der Waals surface area contributed by atoms with Crippen LogP contribution >= 0.6 is 27.5 Å². The van der Waals surface area contributed by atoms with Crippen molar-refractivity contribution in [1.82, 2.24) is 0 Å². The van der Waals surface area contributed by atoms with Gasteiger partial charge in [0.2, 0.25) is 0 Å². The lowest BCUT2D eigenvalue weighted by Crippen LogP contribution is -2.38. The Balaban J connectivity index is 2.14. The maximum atomic E-state index is 6.41.